The van der Waals surface area contributed by atoms with Crippen LogP contribution in [0, 0.1) is 5.82 Å². The van der Waals surface area contributed by atoms with Crippen LogP contribution in [0.2, 0.25) is 0 Å². The Morgan fingerprint density at radius 1 is 1.42 bits per heavy atom. The third-order valence-electron chi connectivity index (χ3n) is 3.27. The van der Waals surface area contributed by atoms with Gasteiger partial charge in [0.05, 0.1) is 24.0 Å². The van der Waals surface area contributed by atoms with E-state index in [4.69, 9.17) is 0 Å². The standard InChI is InChI=1S/C14H17FN2OS/c1-2-14(10-18,13-6-5-11(15)8-16-13)17-9-12-4-3-7-19-12/h3-8,17-18H,2,9-10H2,1H3. The summed E-state index contributed by atoms with van der Waals surface area (Å²) in [6, 6.07) is 7.02. The van der Waals surface area contributed by atoms with Gasteiger partial charge in [0, 0.05) is 11.4 Å². The summed E-state index contributed by atoms with van der Waals surface area (Å²) in [7, 11) is 0. The molecule has 3 nitrogen and oxygen atoms in total. The van der Waals surface area contributed by atoms with E-state index in [2.05, 4.69) is 10.3 Å². The summed E-state index contributed by atoms with van der Waals surface area (Å²) in [6.45, 7) is 2.56. The third kappa shape index (κ3) is 3.18. The van der Waals surface area contributed by atoms with E-state index >= 15 is 0 Å². The molecule has 0 amide bonds. The van der Waals surface area contributed by atoms with Crippen molar-refractivity contribution in [1.82, 2.24) is 10.3 Å². The predicted molar refractivity (Wildman–Crippen MR) is 74.4 cm³/mol. The summed E-state index contributed by atoms with van der Waals surface area (Å²) < 4.78 is 12.9. The normalized spacial score (nSPS) is 14.3. The van der Waals surface area contributed by atoms with Crippen LogP contribution in [-0.2, 0) is 12.1 Å². The highest BCUT2D eigenvalue weighted by molar-refractivity contribution is 7.09. The maximum Gasteiger partial charge on any atom is 0.141 e. The first-order chi connectivity index (χ1) is 9.20. The van der Waals surface area contributed by atoms with Crippen LogP contribution in [0.4, 0.5) is 4.39 Å². The van der Waals surface area contributed by atoms with Crippen molar-refractivity contribution >= 4 is 11.3 Å². The number of aliphatic hydroxyl groups is 1. The third-order valence-corrected chi connectivity index (χ3v) is 4.15. The summed E-state index contributed by atoms with van der Waals surface area (Å²) in [5.74, 6) is -0.370. The van der Waals surface area contributed by atoms with Gasteiger partial charge in [0.15, 0.2) is 0 Å². The minimum absolute atomic E-state index is 0.0759. The van der Waals surface area contributed by atoms with Crippen LogP contribution >= 0.6 is 11.3 Å². The molecule has 19 heavy (non-hydrogen) atoms. The number of aromatic nitrogens is 1. The van der Waals surface area contributed by atoms with Crippen LogP contribution in [0.3, 0.4) is 0 Å². The largest absolute Gasteiger partial charge is 0.394 e. The average molecular weight is 280 g/mol. The van der Waals surface area contributed by atoms with Crippen molar-refractivity contribution in [3.63, 3.8) is 0 Å². The fourth-order valence-corrected chi connectivity index (χ4v) is 2.62. The molecule has 102 valence electrons. The van der Waals surface area contributed by atoms with Crippen LogP contribution in [0.5, 0.6) is 0 Å². The molecule has 0 aromatic carbocycles. The first-order valence-corrected chi connectivity index (χ1v) is 7.08. The first-order valence-electron chi connectivity index (χ1n) is 6.20. The van der Waals surface area contributed by atoms with Gasteiger partial charge in [-0.15, -0.1) is 11.3 Å². The Morgan fingerprint density at radius 2 is 2.26 bits per heavy atom. The van der Waals surface area contributed by atoms with Crippen LogP contribution in [0.1, 0.15) is 23.9 Å². The average Bonchev–Trinajstić information content (AvgIpc) is 2.95. The van der Waals surface area contributed by atoms with E-state index in [9.17, 15) is 9.50 Å². The number of rotatable bonds is 6. The number of thiophene rings is 1. The second kappa shape index (κ2) is 6.23. The van der Waals surface area contributed by atoms with Gasteiger partial charge in [0.2, 0.25) is 0 Å². The molecule has 2 N–H and O–H groups in total. The maximum absolute atomic E-state index is 12.9. The molecule has 0 aliphatic carbocycles. The zero-order chi connectivity index (χ0) is 13.7. The smallest absolute Gasteiger partial charge is 0.141 e. The van der Waals surface area contributed by atoms with Gasteiger partial charge in [0.1, 0.15) is 5.82 Å². The second-order valence-electron chi connectivity index (χ2n) is 4.39. The minimum Gasteiger partial charge on any atom is -0.394 e. The van der Waals surface area contributed by atoms with Crippen molar-refractivity contribution in [3.05, 3.63) is 52.2 Å². The van der Waals surface area contributed by atoms with Gasteiger partial charge in [-0.05, 0) is 30.0 Å². The molecule has 0 spiro atoms. The molecule has 2 heterocycles. The molecular formula is C14H17FN2OS. The molecular weight excluding hydrogens is 263 g/mol. The molecule has 2 rings (SSSR count). The van der Waals surface area contributed by atoms with Crippen LogP contribution < -0.4 is 5.32 Å². The van der Waals surface area contributed by atoms with Crippen molar-refractivity contribution in [2.24, 2.45) is 0 Å². The highest BCUT2D eigenvalue weighted by Crippen LogP contribution is 2.24. The Labute approximate surface area is 116 Å². The Bertz CT molecular complexity index is 495. The van der Waals surface area contributed by atoms with E-state index < -0.39 is 5.54 Å². The Morgan fingerprint density at radius 3 is 2.79 bits per heavy atom. The molecule has 1 unspecified atom stereocenters. The number of aliphatic hydroxyl groups excluding tert-OH is 1. The van der Waals surface area contributed by atoms with E-state index in [1.807, 2.05) is 24.4 Å². The van der Waals surface area contributed by atoms with E-state index in [0.717, 1.165) is 0 Å². The number of pyridine rings is 1. The molecule has 0 saturated carbocycles. The molecule has 0 saturated heterocycles. The van der Waals surface area contributed by atoms with E-state index in [-0.39, 0.29) is 12.4 Å². The molecule has 0 aliphatic heterocycles. The second-order valence-corrected chi connectivity index (χ2v) is 5.42. The lowest BCUT2D eigenvalue weighted by molar-refractivity contribution is 0.150. The van der Waals surface area contributed by atoms with Crippen molar-refractivity contribution in [2.75, 3.05) is 6.61 Å². The number of nitrogens with one attached hydrogen (secondary N) is 1. The number of halogens is 1. The highest BCUT2D eigenvalue weighted by Gasteiger charge is 2.30. The van der Waals surface area contributed by atoms with Gasteiger partial charge < -0.3 is 5.11 Å². The lowest BCUT2D eigenvalue weighted by Crippen LogP contribution is -2.45. The van der Waals surface area contributed by atoms with Gasteiger partial charge in [-0.25, -0.2) is 4.39 Å². The van der Waals surface area contributed by atoms with Gasteiger partial charge >= 0.3 is 0 Å². The van der Waals surface area contributed by atoms with Gasteiger partial charge in [-0.2, -0.15) is 0 Å². The zero-order valence-electron chi connectivity index (χ0n) is 10.8. The fraction of sp³-hybridized carbons (Fsp3) is 0.357. The number of nitrogens with zero attached hydrogens (tertiary/aromatic N) is 1. The zero-order valence-corrected chi connectivity index (χ0v) is 11.6. The predicted octanol–water partition coefficient (Wildman–Crippen LogP) is 2.67. The van der Waals surface area contributed by atoms with Crippen molar-refractivity contribution < 1.29 is 9.50 Å². The SMILES string of the molecule is CCC(CO)(NCc1cccs1)c1ccc(F)cn1. The Hall–Kier alpha value is -1.30. The van der Waals surface area contributed by atoms with Crippen LogP contribution in [0.15, 0.2) is 35.8 Å². The van der Waals surface area contributed by atoms with Crippen molar-refractivity contribution in [1.29, 1.82) is 0 Å². The molecule has 1 atom stereocenters. The molecule has 5 heteroatoms. The first kappa shape index (κ1) is 14.1. The van der Waals surface area contributed by atoms with E-state index in [1.165, 1.54) is 17.1 Å². The summed E-state index contributed by atoms with van der Waals surface area (Å²) in [4.78, 5) is 5.29. The summed E-state index contributed by atoms with van der Waals surface area (Å²) in [5, 5.41) is 15.1. The molecule has 0 fully saturated rings. The quantitative estimate of drug-likeness (QED) is 0.855. The fourth-order valence-electron chi connectivity index (χ4n) is 1.97. The van der Waals surface area contributed by atoms with E-state index in [1.54, 1.807) is 17.4 Å². The lowest BCUT2D eigenvalue weighted by Gasteiger charge is -2.31. The molecule has 2 aromatic rings. The molecule has 0 radical (unpaired) electrons. The molecule has 0 bridgehead atoms. The lowest BCUT2D eigenvalue weighted by atomic mass is 9.92. The summed E-state index contributed by atoms with van der Waals surface area (Å²) in [6.07, 6.45) is 1.86. The molecule has 0 aliphatic rings. The topological polar surface area (TPSA) is 45.1 Å². The molecule has 2 aromatic heterocycles. The highest BCUT2D eigenvalue weighted by atomic mass is 32.1. The minimum atomic E-state index is -0.627. The Kier molecular flexibility index (Phi) is 4.63. The number of hydrogen-bond acceptors (Lipinski definition) is 4. The van der Waals surface area contributed by atoms with Crippen molar-refractivity contribution in [2.45, 2.75) is 25.4 Å². The summed E-state index contributed by atoms with van der Waals surface area (Å²) >= 11 is 1.66. The van der Waals surface area contributed by atoms with Gasteiger partial charge in [-0.3, -0.25) is 10.3 Å². The van der Waals surface area contributed by atoms with E-state index in [0.29, 0.717) is 18.7 Å². The van der Waals surface area contributed by atoms with Crippen molar-refractivity contribution in [3.8, 4) is 0 Å². The summed E-state index contributed by atoms with van der Waals surface area (Å²) in [5.41, 5.74) is 0.0352. The van der Waals surface area contributed by atoms with Gasteiger partial charge in [-0.1, -0.05) is 13.0 Å². The van der Waals surface area contributed by atoms with Gasteiger partial charge in [0.25, 0.3) is 0 Å². The maximum atomic E-state index is 12.9. The Balaban J connectivity index is 2.19. The monoisotopic (exact) mass is 280 g/mol. The van der Waals surface area contributed by atoms with Crippen LogP contribution in [0.25, 0.3) is 0 Å². The van der Waals surface area contributed by atoms with Crippen LogP contribution in [-0.4, -0.2) is 16.7 Å². The number of hydrogen-bond donors (Lipinski definition) is 2.